The Morgan fingerprint density at radius 1 is 1.05 bits per heavy atom. The highest BCUT2D eigenvalue weighted by atomic mass is 19.1. The zero-order chi connectivity index (χ0) is 26.9. The van der Waals surface area contributed by atoms with Gasteiger partial charge >= 0.3 is 5.97 Å². The SMILES string of the molecule is Fc1ccc([C@@H]2CCNC[C@H]2COc2ccc3c(c2)OCO3)cc1.O=C(O)[C@H](O)[C@H](O)[C@H](O)[C@@H](O)CO. The molecule has 7 N–H and O–H groups in total. The van der Waals surface area contributed by atoms with Crippen LogP contribution in [-0.2, 0) is 4.79 Å². The van der Waals surface area contributed by atoms with Crippen molar-refractivity contribution in [1.29, 1.82) is 0 Å². The van der Waals surface area contributed by atoms with Crippen LogP contribution in [0.15, 0.2) is 42.5 Å². The zero-order valence-electron chi connectivity index (χ0n) is 19.9. The van der Waals surface area contributed by atoms with Crippen LogP contribution in [0.2, 0.25) is 0 Å². The molecule has 11 nitrogen and oxygen atoms in total. The Labute approximate surface area is 212 Å². The number of fused-ring (bicyclic) bond motifs is 1. The normalized spacial score (nSPS) is 21.7. The number of halogens is 1. The van der Waals surface area contributed by atoms with Gasteiger partial charge in [-0.2, -0.15) is 0 Å². The molecule has 1 saturated heterocycles. The number of aliphatic hydroxyl groups is 5. The van der Waals surface area contributed by atoms with E-state index < -0.39 is 37.0 Å². The van der Waals surface area contributed by atoms with Crippen molar-refractivity contribution in [3.63, 3.8) is 0 Å². The fraction of sp³-hybridized carbons (Fsp3) is 0.480. The summed E-state index contributed by atoms with van der Waals surface area (Å²) >= 11 is 0. The summed E-state index contributed by atoms with van der Waals surface area (Å²) in [5.41, 5.74) is 1.18. The monoisotopic (exact) mass is 525 g/mol. The highest BCUT2D eigenvalue weighted by Crippen LogP contribution is 2.36. The lowest BCUT2D eigenvalue weighted by Crippen LogP contribution is -2.48. The van der Waals surface area contributed by atoms with Crippen LogP contribution in [0.5, 0.6) is 17.2 Å². The van der Waals surface area contributed by atoms with E-state index in [-0.39, 0.29) is 12.6 Å². The van der Waals surface area contributed by atoms with Crippen LogP contribution in [-0.4, -0.2) is 94.1 Å². The van der Waals surface area contributed by atoms with Crippen LogP contribution < -0.4 is 19.5 Å². The van der Waals surface area contributed by atoms with E-state index in [1.54, 1.807) is 0 Å². The van der Waals surface area contributed by atoms with Gasteiger partial charge in [-0.15, -0.1) is 0 Å². The summed E-state index contributed by atoms with van der Waals surface area (Å²) in [6.07, 6.45) is -6.81. The molecule has 0 aliphatic carbocycles. The van der Waals surface area contributed by atoms with Gasteiger partial charge in [-0.1, -0.05) is 12.1 Å². The van der Waals surface area contributed by atoms with Gasteiger partial charge in [-0.25, -0.2) is 9.18 Å². The average molecular weight is 526 g/mol. The van der Waals surface area contributed by atoms with Crippen molar-refractivity contribution in [3.8, 4) is 17.2 Å². The largest absolute Gasteiger partial charge is 0.493 e. The smallest absolute Gasteiger partial charge is 0.335 e. The Hall–Kier alpha value is -3.00. The minimum Gasteiger partial charge on any atom is -0.493 e. The molecule has 2 aliphatic rings. The molecule has 2 heterocycles. The second-order valence-electron chi connectivity index (χ2n) is 8.75. The number of carboxylic acids is 1. The van der Waals surface area contributed by atoms with E-state index in [9.17, 15) is 9.18 Å². The van der Waals surface area contributed by atoms with Gasteiger partial charge in [-0.3, -0.25) is 0 Å². The number of hydrogen-bond donors (Lipinski definition) is 7. The topological polar surface area (TPSA) is 178 Å². The van der Waals surface area contributed by atoms with Crippen LogP contribution >= 0.6 is 0 Å². The van der Waals surface area contributed by atoms with E-state index in [0.717, 1.165) is 36.8 Å². The first-order valence-corrected chi connectivity index (χ1v) is 11.8. The summed E-state index contributed by atoms with van der Waals surface area (Å²) < 4.78 is 29.9. The summed E-state index contributed by atoms with van der Waals surface area (Å²) in [6, 6.07) is 12.5. The van der Waals surface area contributed by atoms with E-state index in [0.29, 0.717) is 18.4 Å². The summed E-state index contributed by atoms with van der Waals surface area (Å²) in [5.74, 6) is 1.06. The fourth-order valence-corrected chi connectivity index (χ4v) is 4.09. The van der Waals surface area contributed by atoms with Gasteiger partial charge in [0.2, 0.25) is 6.79 Å². The van der Waals surface area contributed by atoms with Gasteiger partial charge in [-0.05, 0) is 48.7 Å². The van der Waals surface area contributed by atoms with Crippen LogP contribution in [0.1, 0.15) is 17.9 Å². The number of aliphatic carboxylic acids is 1. The zero-order valence-corrected chi connectivity index (χ0v) is 19.9. The van der Waals surface area contributed by atoms with E-state index in [4.69, 9.17) is 44.8 Å². The number of piperidine rings is 1. The third-order valence-corrected chi connectivity index (χ3v) is 6.22. The van der Waals surface area contributed by atoms with Gasteiger partial charge in [0.25, 0.3) is 0 Å². The predicted octanol–water partition coefficient (Wildman–Crippen LogP) is -0.167. The van der Waals surface area contributed by atoms with Gasteiger partial charge in [0.05, 0.1) is 13.2 Å². The Balaban J connectivity index is 0.000000251. The minimum atomic E-state index is -2.20. The minimum absolute atomic E-state index is 0.194. The summed E-state index contributed by atoms with van der Waals surface area (Å²) in [5, 5.41) is 55.2. The first kappa shape index (κ1) is 28.6. The number of nitrogens with one attached hydrogen (secondary N) is 1. The Kier molecular flexibility index (Phi) is 10.4. The molecule has 2 aromatic rings. The van der Waals surface area contributed by atoms with Crippen molar-refractivity contribution >= 4 is 5.97 Å². The van der Waals surface area contributed by atoms with Gasteiger partial charge in [0, 0.05) is 18.5 Å². The molecular formula is C25H32FNO10. The molecule has 12 heteroatoms. The van der Waals surface area contributed by atoms with Crippen LogP contribution in [0.4, 0.5) is 4.39 Å². The second-order valence-corrected chi connectivity index (χ2v) is 8.75. The van der Waals surface area contributed by atoms with E-state index in [1.807, 2.05) is 30.3 Å². The number of aliphatic hydroxyl groups excluding tert-OH is 5. The van der Waals surface area contributed by atoms with Crippen molar-refractivity contribution in [2.24, 2.45) is 5.92 Å². The summed E-state index contributed by atoms with van der Waals surface area (Å²) in [7, 11) is 0. The summed E-state index contributed by atoms with van der Waals surface area (Å²) in [4.78, 5) is 10.1. The predicted molar refractivity (Wildman–Crippen MR) is 127 cm³/mol. The molecule has 0 bridgehead atoms. The third kappa shape index (κ3) is 7.74. The highest BCUT2D eigenvalue weighted by molar-refractivity contribution is 5.72. The standard InChI is InChI=1S/C19H20FNO3.C6H12O7/c20-15-3-1-13(2-4-15)17-7-8-21-10-14(17)11-22-16-5-6-18-19(9-16)24-12-23-18;7-1-2(8)3(9)4(10)5(11)6(12)13/h1-6,9,14,17,21H,7-8,10-12H2;2-5,7-11H,1H2,(H,12,13)/t14-,17-;2-,3+,4+,5+/m00/s1. The molecule has 6 atom stereocenters. The third-order valence-electron chi connectivity index (χ3n) is 6.22. The molecule has 1 fully saturated rings. The van der Waals surface area contributed by atoms with Crippen LogP contribution in [0.3, 0.4) is 0 Å². The number of hydrogen-bond acceptors (Lipinski definition) is 10. The fourth-order valence-electron chi connectivity index (χ4n) is 4.09. The van der Waals surface area contributed by atoms with E-state index >= 15 is 0 Å². The maximum atomic E-state index is 13.2. The number of ether oxygens (including phenoxy) is 3. The average Bonchev–Trinajstić information content (AvgIpc) is 3.39. The van der Waals surface area contributed by atoms with Crippen molar-refractivity contribution in [2.45, 2.75) is 36.8 Å². The van der Waals surface area contributed by atoms with Gasteiger partial charge in [0.15, 0.2) is 17.6 Å². The molecule has 37 heavy (non-hydrogen) atoms. The molecule has 2 aromatic carbocycles. The van der Waals surface area contributed by atoms with Crippen molar-refractivity contribution in [2.75, 3.05) is 33.1 Å². The molecule has 0 amide bonds. The van der Waals surface area contributed by atoms with Crippen molar-refractivity contribution in [3.05, 3.63) is 53.8 Å². The number of carbonyl (C=O) groups is 1. The Bertz CT molecular complexity index is 1010. The Morgan fingerprint density at radius 2 is 1.76 bits per heavy atom. The summed E-state index contributed by atoms with van der Waals surface area (Å²) in [6.45, 7) is 1.90. The lowest BCUT2D eigenvalue weighted by Gasteiger charge is -2.32. The maximum Gasteiger partial charge on any atom is 0.335 e. The lowest BCUT2D eigenvalue weighted by molar-refractivity contribution is -0.164. The maximum absolute atomic E-state index is 13.2. The van der Waals surface area contributed by atoms with Crippen molar-refractivity contribution in [1.82, 2.24) is 5.32 Å². The quantitative estimate of drug-likeness (QED) is 0.231. The molecular weight excluding hydrogens is 493 g/mol. The lowest BCUT2D eigenvalue weighted by atomic mass is 9.81. The second kappa shape index (κ2) is 13.5. The molecule has 4 rings (SSSR count). The number of rotatable bonds is 9. The highest BCUT2D eigenvalue weighted by Gasteiger charge is 2.34. The molecule has 2 aliphatic heterocycles. The van der Waals surface area contributed by atoms with Crippen LogP contribution in [0, 0.1) is 11.7 Å². The number of carboxylic acid groups (broad SMARTS) is 1. The van der Waals surface area contributed by atoms with Crippen molar-refractivity contribution < 1.29 is 54.0 Å². The first-order chi connectivity index (χ1) is 17.7. The molecule has 0 radical (unpaired) electrons. The molecule has 204 valence electrons. The molecule has 0 aromatic heterocycles. The van der Waals surface area contributed by atoms with E-state index in [1.165, 1.54) is 17.7 Å². The molecule has 0 unspecified atom stereocenters. The van der Waals surface area contributed by atoms with Crippen LogP contribution in [0.25, 0.3) is 0 Å². The van der Waals surface area contributed by atoms with Gasteiger partial charge in [0.1, 0.15) is 29.9 Å². The van der Waals surface area contributed by atoms with Gasteiger partial charge < -0.3 is 50.2 Å². The number of benzene rings is 2. The molecule has 0 spiro atoms. The van der Waals surface area contributed by atoms with E-state index in [2.05, 4.69) is 5.32 Å². The molecule has 0 saturated carbocycles. The first-order valence-electron chi connectivity index (χ1n) is 11.8. The Morgan fingerprint density at radius 3 is 2.43 bits per heavy atom.